The summed E-state index contributed by atoms with van der Waals surface area (Å²) in [4.78, 5) is 17.4. The van der Waals surface area contributed by atoms with Gasteiger partial charge in [-0.05, 0) is 29.5 Å². The van der Waals surface area contributed by atoms with Crippen LogP contribution in [0.15, 0.2) is 46.3 Å². The molecular weight excluding hydrogens is 390 g/mol. The monoisotopic (exact) mass is 415 g/mol. The van der Waals surface area contributed by atoms with Crippen LogP contribution in [-0.4, -0.2) is 35.9 Å². The lowest BCUT2D eigenvalue weighted by molar-refractivity contribution is -0.121. The third kappa shape index (κ3) is 7.08. The highest BCUT2D eigenvalue weighted by atomic mass is 32.1. The van der Waals surface area contributed by atoms with Crippen molar-refractivity contribution in [3.05, 3.63) is 58.8 Å². The summed E-state index contributed by atoms with van der Waals surface area (Å²) in [7, 11) is 0. The average Bonchev–Trinajstić information content (AvgIpc) is 3.42. The molecule has 0 unspecified atom stereocenters. The summed E-state index contributed by atoms with van der Waals surface area (Å²) in [5.74, 6) is 0.977. The van der Waals surface area contributed by atoms with Crippen molar-refractivity contribution < 1.29 is 18.8 Å². The second-order valence-corrected chi connectivity index (χ2v) is 7.28. The zero-order valence-electron chi connectivity index (χ0n) is 16.4. The van der Waals surface area contributed by atoms with Crippen LogP contribution in [0.1, 0.15) is 30.4 Å². The van der Waals surface area contributed by atoms with Crippen molar-refractivity contribution in [2.75, 3.05) is 19.8 Å². The van der Waals surface area contributed by atoms with Gasteiger partial charge >= 0.3 is 0 Å². The van der Waals surface area contributed by atoms with Gasteiger partial charge in [0.25, 0.3) is 0 Å². The van der Waals surface area contributed by atoms with Crippen LogP contribution in [-0.2, 0) is 33.8 Å². The summed E-state index contributed by atoms with van der Waals surface area (Å²) in [6.07, 6.45) is 0.713. The van der Waals surface area contributed by atoms with Gasteiger partial charge in [0.1, 0.15) is 0 Å². The van der Waals surface area contributed by atoms with E-state index in [2.05, 4.69) is 15.5 Å². The van der Waals surface area contributed by atoms with Crippen molar-refractivity contribution in [2.45, 2.75) is 32.9 Å². The van der Waals surface area contributed by atoms with Crippen LogP contribution in [0.5, 0.6) is 0 Å². The molecular formula is C21H25N3O4S. The first kappa shape index (κ1) is 21.2. The van der Waals surface area contributed by atoms with Crippen LogP contribution in [0.3, 0.4) is 0 Å². The lowest BCUT2D eigenvalue weighted by Crippen LogP contribution is -2.23. The van der Waals surface area contributed by atoms with Crippen molar-refractivity contribution in [3.8, 4) is 10.7 Å². The summed E-state index contributed by atoms with van der Waals surface area (Å²) in [6.45, 7) is 4.82. The molecule has 1 aromatic carbocycles. The topological polar surface area (TPSA) is 86.5 Å². The van der Waals surface area contributed by atoms with Crippen molar-refractivity contribution in [1.82, 2.24) is 15.5 Å². The van der Waals surface area contributed by atoms with Gasteiger partial charge in [-0.15, -0.1) is 11.3 Å². The fourth-order valence-corrected chi connectivity index (χ4v) is 3.30. The molecule has 0 radical (unpaired) electrons. The zero-order chi connectivity index (χ0) is 20.3. The quantitative estimate of drug-likeness (QED) is 0.455. The number of hydrogen-bond acceptors (Lipinski definition) is 7. The maximum Gasteiger partial charge on any atom is 0.227 e. The van der Waals surface area contributed by atoms with Gasteiger partial charge in [0.15, 0.2) is 0 Å². The standard InChI is InChI=1S/C21H25N3O4S/c1-2-26-10-11-27-15-17-6-3-5-16(13-17)14-22-19(25)8-9-20-23-21(24-28-20)18-7-4-12-29-18/h3-7,12-13H,2,8-11,14-15H2,1H3,(H,22,25). The number of amides is 1. The summed E-state index contributed by atoms with van der Waals surface area (Å²) in [5, 5.41) is 8.84. The van der Waals surface area contributed by atoms with Gasteiger partial charge in [0.05, 0.1) is 24.7 Å². The largest absolute Gasteiger partial charge is 0.379 e. The van der Waals surface area contributed by atoms with Gasteiger partial charge in [0.2, 0.25) is 17.6 Å². The summed E-state index contributed by atoms with van der Waals surface area (Å²) in [5.41, 5.74) is 2.10. The summed E-state index contributed by atoms with van der Waals surface area (Å²) < 4.78 is 16.1. The Labute approximate surface area is 174 Å². The number of thiophene rings is 1. The minimum atomic E-state index is -0.0563. The van der Waals surface area contributed by atoms with Gasteiger partial charge in [0, 0.05) is 26.0 Å². The molecule has 0 atom stereocenters. The minimum Gasteiger partial charge on any atom is -0.379 e. The molecule has 2 aromatic heterocycles. The molecule has 0 saturated heterocycles. The molecule has 1 N–H and O–H groups in total. The highest BCUT2D eigenvalue weighted by Crippen LogP contribution is 2.21. The lowest BCUT2D eigenvalue weighted by Gasteiger charge is -2.08. The van der Waals surface area contributed by atoms with Crippen molar-refractivity contribution >= 4 is 17.2 Å². The van der Waals surface area contributed by atoms with E-state index < -0.39 is 0 Å². The number of rotatable bonds is 12. The molecule has 0 fully saturated rings. The highest BCUT2D eigenvalue weighted by Gasteiger charge is 2.11. The van der Waals surface area contributed by atoms with Gasteiger partial charge in [-0.25, -0.2) is 0 Å². The van der Waals surface area contributed by atoms with E-state index in [0.29, 0.717) is 57.5 Å². The van der Waals surface area contributed by atoms with E-state index in [4.69, 9.17) is 14.0 Å². The van der Waals surface area contributed by atoms with Crippen LogP contribution in [0.4, 0.5) is 0 Å². The fraction of sp³-hybridized carbons (Fsp3) is 0.381. The van der Waals surface area contributed by atoms with Crippen LogP contribution in [0.2, 0.25) is 0 Å². The van der Waals surface area contributed by atoms with E-state index in [1.165, 1.54) is 0 Å². The third-order valence-corrected chi connectivity index (χ3v) is 4.97. The highest BCUT2D eigenvalue weighted by molar-refractivity contribution is 7.13. The fourth-order valence-electron chi connectivity index (χ4n) is 2.65. The van der Waals surface area contributed by atoms with Crippen molar-refractivity contribution in [2.24, 2.45) is 0 Å². The Morgan fingerprint density at radius 2 is 2.03 bits per heavy atom. The maximum atomic E-state index is 12.1. The predicted octanol–water partition coefficient (Wildman–Crippen LogP) is 3.60. The van der Waals surface area contributed by atoms with Gasteiger partial charge in [-0.3, -0.25) is 4.79 Å². The Bertz CT molecular complexity index is 880. The van der Waals surface area contributed by atoms with Crippen LogP contribution < -0.4 is 5.32 Å². The number of benzene rings is 1. The Balaban J connectivity index is 1.38. The molecule has 29 heavy (non-hydrogen) atoms. The Kier molecular flexibility index (Phi) is 8.36. The molecule has 0 aliphatic rings. The number of aryl methyl sites for hydroxylation is 1. The molecule has 0 spiro atoms. The SMILES string of the molecule is CCOCCOCc1cccc(CNC(=O)CCc2nc(-c3cccs3)no2)c1. The van der Waals surface area contributed by atoms with Crippen LogP contribution in [0.25, 0.3) is 10.7 Å². The van der Waals surface area contributed by atoms with Crippen molar-refractivity contribution in [3.63, 3.8) is 0 Å². The third-order valence-electron chi connectivity index (χ3n) is 4.10. The molecule has 154 valence electrons. The molecule has 2 heterocycles. The molecule has 3 rings (SSSR count). The summed E-state index contributed by atoms with van der Waals surface area (Å²) >= 11 is 1.55. The zero-order valence-corrected chi connectivity index (χ0v) is 17.2. The number of carbonyl (C=O) groups is 1. The lowest BCUT2D eigenvalue weighted by atomic mass is 10.1. The molecule has 3 aromatic rings. The van der Waals surface area contributed by atoms with Gasteiger partial charge in [-0.2, -0.15) is 4.98 Å². The Hall–Kier alpha value is -2.55. The molecule has 0 saturated carbocycles. The first-order valence-corrected chi connectivity index (χ1v) is 10.5. The van der Waals surface area contributed by atoms with E-state index in [0.717, 1.165) is 16.0 Å². The Morgan fingerprint density at radius 3 is 2.86 bits per heavy atom. The van der Waals surface area contributed by atoms with E-state index >= 15 is 0 Å². The van der Waals surface area contributed by atoms with E-state index in [1.54, 1.807) is 11.3 Å². The molecule has 8 heteroatoms. The number of hydrogen-bond donors (Lipinski definition) is 1. The van der Waals surface area contributed by atoms with Gasteiger partial charge < -0.3 is 19.3 Å². The van der Waals surface area contributed by atoms with E-state index in [9.17, 15) is 4.79 Å². The van der Waals surface area contributed by atoms with E-state index in [-0.39, 0.29) is 5.91 Å². The number of nitrogens with zero attached hydrogens (tertiary/aromatic N) is 2. The first-order valence-electron chi connectivity index (χ1n) is 9.61. The molecule has 0 bridgehead atoms. The average molecular weight is 416 g/mol. The number of ether oxygens (including phenoxy) is 2. The second-order valence-electron chi connectivity index (χ2n) is 6.34. The Morgan fingerprint density at radius 1 is 1.17 bits per heavy atom. The molecule has 0 aliphatic heterocycles. The first-order chi connectivity index (χ1) is 14.2. The second kappa shape index (κ2) is 11.5. The number of aromatic nitrogens is 2. The van der Waals surface area contributed by atoms with E-state index in [1.807, 2.05) is 48.7 Å². The predicted molar refractivity (Wildman–Crippen MR) is 110 cm³/mol. The summed E-state index contributed by atoms with van der Waals surface area (Å²) in [6, 6.07) is 11.9. The molecule has 7 nitrogen and oxygen atoms in total. The van der Waals surface area contributed by atoms with Gasteiger partial charge in [-0.1, -0.05) is 35.5 Å². The number of carbonyl (C=O) groups excluding carboxylic acids is 1. The van der Waals surface area contributed by atoms with Crippen LogP contribution in [0, 0.1) is 0 Å². The normalized spacial score (nSPS) is 10.9. The number of nitrogens with one attached hydrogen (secondary N) is 1. The maximum absolute atomic E-state index is 12.1. The minimum absolute atomic E-state index is 0.0563. The molecule has 1 amide bonds. The molecule has 0 aliphatic carbocycles. The smallest absolute Gasteiger partial charge is 0.227 e. The van der Waals surface area contributed by atoms with Crippen LogP contribution >= 0.6 is 11.3 Å². The van der Waals surface area contributed by atoms with Crippen molar-refractivity contribution in [1.29, 1.82) is 0 Å².